The first-order chi connectivity index (χ1) is 29.0. The normalized spacial score (nSPS) is 14.5. The van der Waals surface area contributed by atoms with E-state index in [1.807, 2.05) is 86.6 Å². The average Bonchev–Trinajstić information content (AvgIpc) is 3.28. The van der Waals surface area contributed by atoms with Gasteiger partial charge in [-0.25, -0.2) is 0 Å². The van der Waals surface area contributed by atoms with Gasteiger partial charge in [-0.2, -0.15) is 0 Å². The van der Waals surface area contributed by atoms with Crippen LogP contribution >= 0.6 is 0 Å². The lowest BCUT2D eigenvalue weighted by molar-refractivity contribution is 0.0526. The molecule has 4 N–H and O–H groups in total. The number of ether oxygens (including phenoxy) is 1. The Bertz CT molecular complexity index is 2020. The number of benzene rings is 4. The second-order valence-corrected chi connectivity index (χ2v) is 15.6. The van der Waals surface area contributed by atoms with Crippen molar-refractivity contribution in [3.63, 3.8) is 0 Å². The fourth-order valence-corrected chi connectivity index (χ4v) is 6.68. The predicted molar refractivity (Wildman–Crippen MR) is 255 cm³/mol. The van der Waals surface area contributed by atoms with Crippen molar-refractivity contribution in [1.82, 2.24) is 0 Å². The third-order valence-corrected chi connectivity index (χ3v) is 10.7. The molecule has 5 nitrogen and oxygen atoms in total. The highest BCUT2D eigenvalue weighted by Gasteiger charge is 2.18. The van der Waals surface area contributed by atoms with Crippen LogP contribution in [0.2, 0.25) is 0 Å². The first-order valence-electron chi connectivity index (χ1n) is 22.3. The summed E-state index contributed by atoms with van der Waals surface area (Å²) in [6.07, 6.45) is 10.6. The zero-order chi connectivity index (χ0) is 43.6. The van der Waals surface area contributed by atoms with Gasteiger partial charge in [0, 0.05) is 29.7 Å². The Morgan fingerprint density at radius 2 is 1.13 bits per heavy atom. The van der Waals surface area contributed by atoms with Crippen LogP contribution in [0.25, 0.3) is 0 Å². The van der Waals surface area contributed by atoms with Crippen molar-refractivity contribution in [2.75, 3.05) is 6.61 Å². The molecule has 0 spiro atoms. The largest absolute Gasteiger partial charge is 0.388 e. The van der Waals surface area contributed by atoms with Crippen molar-refractivity contribution in [1.29, 1.82) is 0 Å². The highest BCUT2D eigenvalue weighted by molar-refractivity contribution is 5.41. The molecule has 0 bridgehead atoms. The maximum atomic E-state index is 10.1. The molecule has 0 aromatic heterocycles. The minimum atomic E-state index is -0.905. The lowest BCUT2D eigenvalue weighted by Crippen LogP contribution is -2.23. The SMILES string of the molecule is C.CCCC(O)c1cccc(C#CC(O)(CC)CC)c1.CCCC(O)c1cccc(C#CC2CCCCO2)c1.CCCC(O)c1cccc(C#CCCc2ccccc2C)c1. The van der Waals surface area contributed by atoms with E-state index in [9.17, 15) is 20.4 Å². The number of rotatable bonds is 13. The molecule has 5 rings (SSSR count). The van der Waals surface area contributed by atoms with Crippen LogP contribution in [-0.2, 0) is 11.2 Å². The number of aliphatic hydroxyl groups is 4. The van der Waals surface area contributed by atoms with Gasteiger partial charge < -0.3 is 25.2 Å². The fraction of sp³-hybridized carbons (Fsp3) is 0.464. The lowest BCUT2D eigenvalue weighted by atomic mass is 9.97. The Morgan fingerprint density at radius 3 is 1.59 bits per heavy atom. The van der Waals surface area contributed by atoms with E-state index in [1.54, 1.807) is 0 Å². The van der Waals surface area contributed by atoms with Crippen molar-refractivity contribution < 1.29 is 25.2 Å². The Balaban J connectivity index is 0.000000314. The topological polar surface area (TPSA) is 90.2 Å². The van der Waals surface area contributed by atoms with E-state index in [0.29, 0.717) is 12.8 Å². The molecule has 4 aromatic carbocycles. The highest BCUT2D eigenvalue weighted by Crippen LogP contribution is 2.22. The smallest absolute Gasteiger partial charge is 0.125 e. The molecule has 0 amide bonds. The van der Waals surface area contributed by atoms with Crippen molar-refractivity contribution >= 4 is 0 Å². The van der Waals surface area contributed by atoms with E-state index in [4.69, 9.17) is 4.74 Å². The molecule has 1 aliphatic rings. The molecule has 0 saturated carbocycles. The van der Waals surface area contributed by atoms with Crippen molar-refractivity contribution in [2.45, 2.75) is 162 Å². The molecule has 4 unspecified atom stereocenters. The molecule has 4 aromatic rings. The number of hydrogen-bond donors (Lipinski definition) is 4. The maximum absolute atomic E-state index is 10.1. The summed E-state index contributed by atoms with van der Waals surface area (Å²) in [7, 11) is 0. The van der Waals surface area contributed by atoms with Crippen LogP contribution < -0.4 is 0 Å². The van der Waals surface area contributed by atoms with Gasteiger partial charge in [0.1, 0.15) is 11.7 Å². The molecule has 61 heavy (non-hydrogen) atoms. The van der Waals surface area contributed by atoms with Crippen molar-refractivity contribution in [2.24, 2.45) is 0 Å². The summed E-state index contributed by atoms with van der Waals surface area (Å²) in [6.45, 7) is 13.0. The summed E-state index contributed by atoms with van der Waals surface area (Å²) in [6, 6.07) is 31.9. The Morgan fingerprint density at radius 1 is 0.639 bits per heavy atom. The van der Waals surface area contributed by atoms with Crippen LogP contribution in [0.15, 0.2) is 97.1 Å². The van der Waals surface area contributed by atoms with E-state index in [1.165, 1.54) is 17.5 Å². The molecular weight excluding hydrogens is 753 g/mol. The summed E-state index contributed by atoms with van der Waals surface area (Å²) in [4.78, 5) is 0. The summed E-state index contributed by atoms with van der Waals surface area (Å²) in [5, 5.41) is 40.1. The molecule has 5 heteroatoms. The van der Waals surface area contributed by atoms with Crippen molar-refractivity contribution in [3.05, 3.63) is 142 Å². The lowest BCUT2D eigenvalue weighted by Gasteiger charge is -2.17. The average molecular weight is 827 g/mol. The van der Waals surface area contributed by atoms with Gasteiger partial charge in [0.15, 0.2) is 0 Å². The first-order valence-corrected chi connectivity index (χ1v) is 22.3. The molecule has 1 saturated heterocycles. The Kier molecular flexibility index (Phi) is 25.5. The number of aryl methyl sites for hydroxylation is 2. The zero-order valence-corrected chi connectivity index (χ0v) is 37.1. The molecule has 328 valence electrons. The predicted octanol–water partition coefficient (Wildman–Crippen LogP) is 12.3. The summed E-state index contributed by atoms with van der Waals surface area (Å²) < 4.78 is 5.59. The van der Waals surface area contributed by atoms with Crippen LogP contribution in [0, 0.1) is 42.4 Å². The monoisotopic (exact) mass is 827 g/mol. The van der Waals surface area contributed by atoms with E-state index in [-0.39, 0.29) is 25.7 Å². The van der Waals surface area contributed by atoms with Gasteiger partial charge in [-0.3, -0.25) is 0 Å². The summed E-state index contributed by atoms with van der Waals surface area (Å²) >= 11 is 0. The van der Waals surface area contributed by atoms with Gasteiger partial charge in [-0.1, -0.05) is 157 Å². The van der Waals surface area contributed by atoms with Crippen LogP contribution in [0.4, 0.5) is 0 Å². The van der Waals surface area contributed by atoms with Gasteiger partial charge in [0.25, 0.3) is 0 Å². The van der Waals surface area contributed by atoms with Gasteiger partial charge >= 0.3 is 0 Å². The van der Waals surface area contributed by atoms with Crippen LogP contribution in [-0.4, -0.2) is 38.7 Å². The molecule has 4 atom stereocenters. The maximum Gasteiger partial charge on any atom is 0.125 e. The molecule has 0 radical (unpaired) electrons. The van der Waals surface area contributed by atoms with E-state index in [2.05, 4.69) is 87.5 Å². The minimum absolute atomic E-state index is 0. The fourth-order valence-electron chi connectivity index (χ4n) is 6.68. The zero-order valence-electron chi connectivity index (χ0n) is 37.1. The highest BCUT2D eigenvalue weighted by atomic mass is 16.5. The van der Waals surface area contributed by atoms with Gasteiger partial charge in [-0.15, -0.1) is 0 Å². The molecule has 1 aliphatic heterocycles. The summed E-state index contributed by atoms with van der Waals surface area (Å²) in [5.41, 5.74) is 7.39. The van der Waals surface area contributed by atoms with Crippen LogP contribution in [0.3, 0.4) is 0 Å². The van der Waals surface area contributed by atoms with E-state index >= 15 is 0 Å². The van der Waals surface area contributed by atoms with Gasteiger partial charge in [0.2, 0.25) is 0 Å². The molecule has 0 aliphatic carbocycles. The van der Waals surface area contributed by atoms with Gasteiger partial charge in [0.05, 0.1) is 18.3 Å². The molecule has 1 fully saturated rings. The van der Waals surface area contributed by atoms with E-state index < -0.39 is 11.7 Å². The summed E-state index contributed by atoms with van der Waals surface area (Å²) in [5.74, 6) is 18.7. The number of hydrogen-bond acceptors (Lipinski definition) is 5. The minimum Gasteiger partial charge on any atom is -0.388 e. The first kappa shape index (κ1) is 52.5. The van der Waals surface area contributed by atoms with E-state index in [0.717, 1.165) is 104 Å². The van der Waals surface area contributed by atoms with Crippen LogP contribution in [0.1, 0.15) is 182 Å². The standard InChI is InChI=1S/C21H24O.C17H22O2.C17H24O2.CH4/c1-3-9-21(22)20-15-8-12-18(16-20)11-5-7-14-19-13-6-4-10-17(19)2;1-2-6-17(18)15-8-5-7-14(13-15)10-11-16-9-3-4-12-19-16;1-4-8-16(18)15-10-7-9-14(13-15)11-12-17(19,5-2)6-3;/h4,6,8,10,12-13,15-16,21-22H,3,7,9,14H2,1-2H3;5,7-8,13,16-18H,2-4,6,9,12H2,1H3;7,9-10,13,16,18-19H,4-6,8H2,1-3H3;1H4. The van der Waals surface area contributed by atoms with Gasteiger partial charge in [-0.05, 0) is 129 Å². The number of aliphatic hydroxyl groups excluding tert-OH is 3. The van der Waals surface area contributed by atoms with Crippen molar-refractivity contribution in [3.8, 4) is 35.5 Å². The Hall–Kier alpha value is -4.64. The second kappa shape index (κ2) is 29.6. The Labute approximate surface area is 370 Å². The third kappa shape index (κ3) is 19.7. The van der Waals surface area contributed by atoms with Crippen LogP contribution in [0.5, 0.6) is 0 Å². The second-order valence-electron chi connectivity index (χ2n) is 15.6. The quantitative estimate of drug-likeness (QED) is 0.101. The molecule has 1 heterocycles. The molecular formula is C56H74O5. The third-order valence-electron chi connectivity index (χ3n) is 10.7.